The predicted molar refractivity (Wildman–Crippen MR) is 93.3 cm³/mol. The van der Waals surface area contributed by atoms with Crippen molar-refractivity contribution in [2.24, 2.45) is 4.99 Å². The van der Waals surface area contributed by atoms with Crippen molar-refractivity contribution >= 4 is 16.7 Å². The highest BCUT2D eigenvalue weighted by Gasteiger charge is 2.07. The van der Waals surface area contributed by atoms with E-state index in [-0.39, 0.29) is 5.82 Å². The summed E-state index contributed by atoms with van der Waals surface area (Å²) in [4.78, 5) is 4.67. The third kappa shape index (κ3) is 2.84. The molecule has 116 valence electrons. The molecule has 0 fully saturated rings. The Morgan fingerprint density at radius 3 is 2.21 bits per heavy atom. The smallest absolute Gasteiger partial charge is 0.137 e. The van der Waals surface area contributed by atoms with Crippen LogP contribution in [0.3, 0.4) is 0 Å². The number of hydrogen-bond donors (Lipinski definition) is 0. The van der Waals surface area contributed by atoms with Crippen molar-refractivity contribution in [3.8, 4) is 11.3 Å². The quantitative estimate of drug-likeness (QED) is 0.481. The van der Waals surface area contributed by atoms with Gasteiger partial charge in [0.05, 0.1) is 11.0 Å². The van der Waals surface area contributed by atoms with Gasteiger partial charge >= 0.3 is 0 Å². The van der Waals surface area contributed by atoms with Gasteiger partial charge in [0, 0.05) is 17.0 Å². The minimum absolute atomic E-state index is 0.310. The van der Waals surface area contributed by atoms with Crippen molar-refractivity contribution in [2.75, 3.05) is 0 Å². The summed E-state index contributed by atoms with van der Waals surface area (Å²) in [5.74, 6) is 0.388. The Morgan fingerprint density at radius 2 is 1.46 bits per heavy atom. The van der Waals surface area contributed by atoms with E-state index in [4.69, 9.17) is 4.42 Å². The lowest BCUT2D eigenvalue weighted by Gasteiger charge is -2.05. The maximum absolute atomic E-state index is 13.7. The first kappa shape index (κ1) is 14.4. The summed E-state index contributed by atoms with van der Waals surface area (Å²) < 4.78 is 19.7. The second-order valence-electron chi connectivity index (χ2n) is 5.45. The second kappa shape index (κ2) is 6.13. The van der Waals surface area contributed by atoms with E-state index in [9.17, 15) is 4.39 Å². The molecule has 0 spiro atoms. The molecule has 0 amide bonds. The third-order valence-corrected chi connectivity index (χ3v) is 3.77. The summed E-state index contributed by atoms with van der Waals surface area (Å²) >= 11 is 0. The van der Waals surface area contributed by atoms with E-state index in [0.29, 0.717) is 22.1 Å². The molecular formula is C21H14FNO. The number of benzene rings is 3. The summed E-state index contributed by atoms with van der Waals surface area (Å²) in [7, 11) is 0. The maximum Gasteiger partial charge on any atom is 0.137 e. The Balaban J connectivity index is 2.02. The number of fused-ring (bicyclic) bond motifs is 1. The Labute approximate surface area is 138 Å². The van der Waals surface area contributed by atoms with E-state index in [1.807, 2.05) is 66.7 Å². The van der Waals surface area contributed by atoms with E-state index in [0.717, 1.165) is 11.3 Å². The van der Waals surface area contributed by atoms with E-state index in [1.165, 1.54) is 12.1 Å². The Bertz CT molecular complexity index is 1050. The number of nitrogens with zero attached hydrogens (tertiary/aromatic N) is 1. The molecule has 0 radical (unpaired) electrons. The van der Waals surface area contributed by atoms with Gasteiger partial charge in [0.1, 0.15) is 17.2 Å². The summed E-state index contributed by atoms with van der Waals surface area (Å²) in [5, 5.41) is 1.33. The van der Waals surface area contributed by atoms with Gasteiger partial charge < -0.3 is 4.42 Å². The SMILES string of the molecule is Fc1ccc2oc(-c3ccccc3)cc(=Nc3ccccc3)c2c1. The average molecular weight is 315 g/mol. The molecule has 0 N–H and O–H groups in total. The van der Waals surface area contributed by atoms with Crippen LogP contribution in [-0.4, -0.2) is 0 Å². The molecule has 0 aliphatic heterocycles. The molecule has 0 aliphatic carbocycles. The van der Waals surface area contributed by atoms with Gasteiger partial charge in [-0.05, 0) is 30.3 Å². The molecule has 24 heavy (non-hydrogen) atoms. The van der Waals surface area contributed by atoms with Crippen molar-refractivity contribution < 1.29 is 8.81 Å². The Hall–Kier alpha value is -3.20. The predicted octanol–water partition coefficient (Wildman–Crippen LogP) is 5.47. The molecule has 3 aromatic carbocycles. The number of rotatable bonds is 2. The highest BCUT2D eigenvalue weighted by molar-refractivity contribution is 5.78. The van der Waals surface area contributed by atoms with Crippen LogP contribution in [0.5, 0.6) is 0 Å². The van der Waals surface area contributed by atoms with Crippen LogP contribution in [0.1, 0.15) is 0 Å². The van der Waals surface area contributed by atoms with Crippen LogP contribution in [0.2, 0.25) is 0 Å². The summed E-state index contributed by atoms with van der Waals surface area (Å²) in [6.45, 7) is 0. The molecule has 0 saturated carbocycles. The van der Waals surface area contributed by atoms with Gasteiger partial charge in [-0.25, -0.2) is 9.38 Å². The van der Waals surface area contributed by atoms with E-state index in [2.05, 4.69) is 4.99 Å². The van der Waals surface area contributed by atoms with Gasteiger partial charge in [0.15, 0.2) is 0 Å². The van der Waals surface area contributed by atoms with Crippen LogP contribution >= 0.6 is 0 Å². The third-order valence-electron chi connectivity index (χ3n) is 3.77. The summed E-state index contributed by atoms with van der Waals surface area (Å²) in [6, 6.07) is 25.8. The molecular weight excluding hydrogens is 301 g/mol. The molecule has 4 rings (SSSR count). The van der Waals surface area contributed by atoms with Gasteiger partial charge in [-0.3, -0.25) is 0 Å². The van der Waals surface area contributed by atoms with Crippen LogP contribution in [0.25, 0.3) is 22.3 Å². The molecule has 0 aliphatic rings. The van der Waals surface area contributed by atoms with Crippen molar-refractivity contribution in [3.05, 3.63) is 96.1 Å². The maximum atomic E-state index is 13.7. The number of hydrogen-bond acceptors (Lipinski definition) is 2. The Kier molecular flexibility index (Phi) is 3.67. The van der Waals surface area contributed by atoms with Crippen LogP contribution in [0.4, 0.5) is 10.1 Å². The van der Waals surface area contributed by atoms with Gasteiger partial charge in [0.25, 0.3) is 0 Å². The van der Waals surface area contributed by atoms with Gasteiger partial charge in [-0.1, -0.05) is 48.5 Å². The standard InChI is InChI=1S/C21H14FNO/c22-16-11-12-20-18(13-16)19(23-17-9-5-2-6-10-17)14-21(24-20)15-7-3-1-4-8-15/h1-14H. The van der Waals surface area contributed by atoms with Crippen LogP contribution in [0.15, 0.2) is 94.3 Å². The topological polar surface area (TPSA) is 25.5 Å². The van der Waals surface area contributed by atoms with Gasteiger partial charge in [0.2, 0.25) is 0 Å². The molecule has 3 heteroatoms. The number of halogens is 1. The molecule has 1 aromatic heterocycles. The summed E-state index contributed by atoms with van der Waals surface area (Å²) in [5.41, 5.74) is 2.37. The lowest BCUT2D eigenvalue weighted by atomic mass is 10.1. The highest BCUT2D eigenvalue weighted by Crippen LogP contribution is 2.23. The van der Waals surface area contributed by atoms with E-state index >= 15 is 0 Å². The first-order valence-electron chi connectivity index (χ1n) is 7.68. The first-order chi connectivity index (χ1) is 11.8. The second-order valence-corrected chi connectivity index (χ2v) is 5.45. The first-order valence-corrected chi connectivity index (χ1v) is 7.68. The number of para-hydroxylation sites is 1. The van der Waals surface area contributed by atoms with Crippen LogP contribution in [0, 0.1) is 5.82 Å². The fraction of sp³-hybridized carbons (Fsp3) is 0. The molecule has 0 unspecified atom stereocenters. The molecule has 0 atom stereocenters. The lowest BCUT2D eigenvalue weighted by Crippen LogP contribution is -2.03. The monoisotopic (exact) mass is 315 g/mol. The molecule has 0 saturated heterocycles. The lowest BCUT2D eigenvalue weighted by molar-refractivity contribution is 0.608. The van der Waals surface area contributed by atoms with Crippen molar-refractivity contribution in [1.29, 1.82) is 0 Å². The summed E-state index contributed by atoms with van der Waals surface area (Å²) in [6.07, 6.45) is 0. The molecule has 1 heterocycles. The normalized spacial score (nSPS) is 11.8. The highest BCUT2D eigenvalue weighted by atomic mass is 19.1. The van der Waals surface area contributed by atoms with E-state index < -0.39 is 0 Å². The fourth-order valence-corrected chi connectivity index (χ4v) is 2.62. The fourth-order valence-electron chi connectivity index (χ4n) is 2.62. The van der Waals surface area contributed by atoms with E-state index in [1.54, 1.807) is 6.07 Å². The average Bonchev–Trinajstić information content (AvgIpc) is 2.63. The van der Waals surface area contributed by atoms with Gasteiger partial charge in [-0.15, -0.1) is 0 Å². The largest absolute Gasteiger partial charge is 0.456 e. The zero-order chi connectivity index (χ0) is 16.4. The Morgan fingerprint density at radius 1 is 0.750 bits per heavy atom. The molecule has 2 nitrogen and oxygen atoms in total. The van der Waals surface area contributed by atoms with Crippen LogP contribution < -0.4 is 5.36 Å². The zero-order valence-electron chi connectivity index (χ0n) is 12.8. The minimum atomic E-state index is -0.310. The van der Waals surface area contributed by atoms with Gasteiger partial charge in [-0.2, -0.15) is 0 Å². The molecule has 0 bridgehead atoms. The van der Waals surface area contributed by atoms with Crippen molar-refractivity contribution in [2.45, 2.75) is 0 Å². The molecule has 4 aromatic rings. The van der Waals surface area contributed by atoms with Crippen LogP contribution in [-0.2, 0) is 0 Å². The van der Waals surface area contributed by atoms with Crippen molar-refractivity contribution in [1.82, 2.24) is 0 Å². The van der Waals surface area contributed by atoms with Crippen molar-refractivity contribution in [3.63, 3.8) is 0 Å². The minimum Gasteiger partial charge on any atom is -0.456 e. The zero-order valence-corrected chi connectivity index (χ0v) is 12.8.